The van der Waals surface area contributed by atoms with E-state index in [9.17, 15) is 4.79 Å². The number of aromatic nitrogens is 1. The number of carbonyl (C=O) groups is 1. The molecule has 0 saturated heterocycles. The molecule has 0 bridgehead atoms. The number of rotatable bonds is 7. The Morgan fingerprint density at radius 1 is 0.759 bits per heavy atom. The van der Waals surface area contributed by atoms with Gasteiger partial charge in [-0.2, -0.15) is 0 Å². The van der Waals surface area contributed by atoms with Crippen LogP contribution in [0.3, 0.4) is 0 Å². The van der Waals surface area contributed by atoms with Gasteiger partial charge in [0, 0.05) is 11.6 Å². The number of hydrogen-bond acceptors (Lipinski definition) is 3. The van der Waals surface area contributed by atoms with E-state index in [0.717, 1.165) is 34.0 Å². The number of benzene rings is 3. The van der Waals surface area contributed by atoms with E-state index in [-0.39, 0.29) is 12.7 Å². The van der Waals surface area contributed by atoms with E-state index >= 15 is 0 Å². The van der Waals surface area contributed by atoms with Crippen LogP contribution in [0.2, 0.25) is 0 Å². The molecule has 1 aromatic heterocycles. The number of fused-ring (bicyclic) bond motifs is 1. The van der Waals surface area contributed by atoms with Gasteiger partial charge in [0.15, 0.2) is 0 Å². The Balaban J connectivity index is 1.42. The minimum absolute atomic E-state index is 0.252. The van der Waals surface area contributed by atoms with Gasteiger partial charge in [0.25, 0.3) is 0 Å². The Morgan fingerprint density at radius 3 is 2.10 bits per heavy atom. The second-order valence-corrected chi connectivity index (χ2v) is 6.87. The molecule has 0 aliphatic rings. The van der Waals surface area contributed by atoms with Crippen molar-refractivity contribution in [3.05, 3.63) is 108 Å². The van der Waals surface area contributed by atoms with E-state index in [2.05, 4.69) is 12.1 Å². The van der Waals surface area contributed by atoms with Crippen LogP contribution in [0.15, 0.2) is 91.1 Å². The predicted molar refractivity (Wildman–Crippen MR) is 114 cm³/mol. The quantitative estimate of drug-likeness (QED) is 0.390. The lowest BCUT2D eigenvalue weighted by molar-refractivity contribution is 0.124. The van der Waals surface area contributed by atoms with Gasteiger partial charge in [-0.25, -0.2) is 4.79 Å². The van der Waals surface area contributed by atoms with Gasteiger partial charge in [0.2, 0.25) is 0 Å². The molecule has 4 aromatic rings. The zero-order chi connectivity index (χ0) is 19.9. The van der Waals surface area contributed by atoms with Gasteiger partial charge in [0.1, 0.15) is 6.61 Å². The van der Waals surface area contributed by atoms with E-state index in [1.54, 1.807) is 4.57 Å². The standard InChI is InChI=1S/C25H23NO3/c27-25(29-19-21-11-5-2-6-12-21)26-17-22(23-13-7-8-14-24(23)26)15-16-28-18-20-9-3-1-4-10-20/h1-14,17H,15-16,18-19H2. The highest BCUT2D eigenvalue weighted by atomic mass is 16.5. The molecule has 4 rings (SSSR count). The van der Waals surface area contributed by atoms with Gasteiger partial charge in [-0.15, -0.1) is 0 Å². The van der Waals surface area contributed by atoms with Crippen LogP contribution >= 0.6 is 0 Å². The minimum atomic E-state index is -0.374. The maximum Gasteiger partial charge on any atom is 0.418 e. The monoisotopic (exact) mass is 385 g/mol. The fourth-order valence-corrected chi connectivity index (χ4v) is 3.34. The molecule has 0 atom stereocenters. The number of para-hydroxylation sites is 1. The average molecular weight is 385 g/mol. The highest BCUT2D eigenvalue weighted by Gasteiger charge is 2.14. The first-order valence-electron chi connectivity index (χ1n) is 9.73. The molecule has 0 spiro atoms. The fourth-order valence-electron chi connectivity index (χ4n) is 3.34. The number of ether oxygens (including phenoxy) is 2. The van der Waals surface area contributed by atoms with Gasteiger partial charge >= 0.3 is 6.09 Å². The highest BCUT2D eigenvalue weighted by Crippen LogP contribution is 2.22. The first-order valence-corrected chi connectivity index (χ1v) is 9.73. The third-order valence-corrected chi connectivity index (χ3v) is 4.82. The van der Waals surface area contributed by atoms with E-state index in [0.29, 0.717) is 13.2 Å². The molecular formula is C25H23NO3. The third-order valence-electron chi connectivity index (χ3n) is 4.82. The number of hydrogen-bond donors (Lipinski definition) is 0. The van der Waals surface area contributed by atoms with Gasteiger partial charge in [-0.1, -0.05) is 78.9 Å². The molecule has 29 heavy (non-hydrogen) atoms. The van der Waals surface area contributed by atoms with Crippen LogP contribution < -0.4 is 0 Å². The molecule has 0 unspecified atom stereocenters. The lowest BCUT2D eigenvalue weighted by Gasteiger charge is -2.06. The Bertz CT molecular complexity index is 1070. The van der Waals surface area contributed by atoms with Crippen molar-refractivity contribution in [2.75, 3.05) is 6.61 Å². The summed E-state index contributed by atoms with van der Waals surface area (Å²) in [5, 5.41) is 1.05. The van der Waals surface area contributed by atoms with Gasteiger partial charge in [0.05, 0.1) is 18.7 Å². The van der Waals surface area contributed by atoms with Crippen LogP contribution in [0.1, 0.15) is 16.7 Å². The molecule has 0 radical (unpaired) electrons. The molecule has 0 aliphatic carbocycles. The van der Waals surface area contributed by atoms with E-state index in [1.807, 2.05) is 79.0 Å². The molecule has 3 aromatic carbocycles. The van der Waals surface area contributed by atoms with Crippen LogP contribution in [-0.2, 0) is 29.1 Å². The molecule has 4 nitrogen and oxygen atoms in total. The molecule has 4 heteroatoms. The molecule has 0 aliphatic heterocycles. The molecule has 146 valence electrons. The van der Waals surface area contributed by atoms with Crippen LogP contribution in [-0.4, -0.2) is 17.3 Å². The largest absolute Gasteiger partial charge is 0.444 e. The van der Waals surface area contributed by atoms with Crippen molar-refractivity contribution in [3.63, 3.8) is 0 Å². The van der Waals surface area contributed by atoms with Gasteiger partial charge in [-0.05, 0) is 29.2 Å². The lowest BCUT2D eigenvalue weighted by Crippen LogP contribution is -2.12. The lowest BCUT2D eigenvalue weighted by atomic mass is 10.1. The summed E-state index contributed by atoms with van der Waals surface area (Å²) in [5.41, 5.74) is 4.04. The molecule has 0 amide bonds. The molecule has 0 fully saturated rings. The Morgan fingerprint density at radius 2 is 1.38 bits per heavy atom. The molecule has 0 N–H and O–H groups in total. The van der Waals surface area contributed by atoms with Crippen molar-refractivity contribution in [2.45, 2.75) is 19.6 Å². The zero-order valence-corrected chi connectivity index (χ0v) is 16.2. The predicted octanol–water partition coefficient (Wildman–Crippen LogP) is 5.59. The van der Waals surface area contributed by atoms with Crippen molar-refractivity contribution >= 4 is 17.0 Å². The first-order chi connectivity index (χ1) is 14.3. The topological polar surface area (TPSA) is 40.5 Å². The van der Waals surface area contributed by atoms with Crippen molar-refractivity contribution in [3.8, 4) is 0 Å². The molecule has 1 heterocycles. The third kappa shape index (κ3) is 4.73. The van der Waals surface area contributed by atoms with Crippen molar-refractivity contribution in [1.82, 2.24) is 4.57 Å². The maximum absolute atomic E-state index is 12.7. The minimum Gasteiger partial charge on any atom is -0.444 e. The molecular weight excluding hydrogens is 362 g/mol. The summed E-state index contributed by atoms with van der Waals surface area (Å²) in [5.74, 6) is 0. The van der Waals surface area contributed by atoms with Gasteiger partial charge in [-0.3, -0.25) is 4.57 Å². The van der Waals surface area contributed by atoms with E-state index in [1.165, 1.54) is 0 Å². The second kappa shape index (κ2) is 9.22. The van der Waals surface area contributed by atoms with Crippen molar-refractivity contribution in [2.24, 2.45) is 0 Å². The molecule has 0 saturated carbocycles. The Hall–Kier alpha value is -3.37. The maximum atomic E-state index is 12.7. The van der Waals surface area contributed by atoms with Crippen LogP contribution in [0.25, 0.3) is 10.9 Å². The SMILES string of the molecule is O=C(OCc1ccccc1)n1cc(CCOCc2ccccc2)c2ccccc21. The van der Waals surface area contributed by atoms with Gasteiger partial charge < -0.3 is 9.47 Å². The van der Waals surface area contributed by atoms with Crippen LogP contribution in [0.4, 0.5) is 4.79 Å². The van der Waals surface area contributed by atoms with Crippen molar-refractivity contribution < 1.29 is 14.3 Å². The summed E-state index contributed by atoms with van der Waals surface area (Å²) in [4.78, 5) is 12.7. The summed E-state index contributed by atoms with van der Waals surface area (Å²) < 4.78 is 12.9. The summed E-state index contributed by atoms with van der Waals surface area (Å²) in [6.07, 6.45) is 2.22. The summed E-state index contributed by atoms with van der Waals surface area (Å²) in [6.45, 7) is 1.42. The fraction of sp³-hybridized carbons (Fsp3) is 0.160. The Kier molecular flexibility index (Phi) is 6.03. The first kappa shape index (κ1) is 19.0. The van der Waals surface area contributed by atoms with Crippen LogP contribution in [0.5, 0.6) is 0 Å². The second-order valence-electron chi connectivity index (χ2n) is 6.87. The van der Waals surface area contributed by atoms with E-state index in [4.69, 9.17) is 9.47 Å². The van der Waals surface area contributed by atoms with E-state index < -0.39 is 0 Å². The number of carbonyl (C=O) groups excluding carboxylic acids is 1. The number of nitrogens with zero attached hydrogens (tertiary/aromatic N) is 1. The summed E-state index contributed by atoms with van der Waals surface area (Å²) in [6, 6.07) is 27.7. The normalized spacial score (nSPS) is 10.9. The average Bonchev–Trinajstić information content (AvgIpc) is 3.15. The Labute approximate surface area is 170 Å². The van der Waals surface area contributed by atoms with Crippen LogP contribution in [0, 0.1) is 0 Å². The summed E-state index contributed by atoms with van der Waals surface area (Å²) >= 11 is 0. The smallest absolute Gasteiger partial charge is 0.418 e. The van der Waals surface area contributed by atoms with Crippen molar-refractivity contribution in [1.29, 1.82) is 0 Å². The highest BCUT2D eigenvalue weighted by molar-refractivity contribution is 5.91. The summed E-state index contributed by atoms with van der Waals surface area (Å²) in [7, 11) is 0. The zero-order valence-electron chi connectivity index (χ0n) is 16.2.